The number of hydrogen-bond acceptors (Lipinski definition) is 3. The molecule has 0 spiro atoms. The third kappa shape index (κ3) is 3.38. The van der Waals surface area contributed by atoms with Crippen LogP contribution in [-0.4, -0.2) is 18.3 Å². The van der Waals surface area contributed by atoms with Gasteiger partial charge in [-0.1, -0.05) is 13.8 Å². The molecule has 0 aliphatic carbocycles. The van der Waals surface area contributed by atoms with Gasteiger partial charge in [-0.15, -0.1) is 0 Å². The molecule has 2 N–H and O–H groups in total. The molecular weight excluding hydrogens is 206 g/mol. The molecule has 4 nitrogen and oxygen atoms in total. The van der Waals surface area contributed by atoms with E-state index in [1.54, 1.807) is 12.1 Å². The Labute approximate surface area is 94.4 Å². The molecule has 0 aliphatic rings. The topological polar surface area (TPSA) is 69.4 Å². The van der Waals surface area contributed by atoms with Crippen LogP contribution in [0.15, 0.2) is 24.3 Å². The number of Topliss-reactive ketones (excluding diaryl/α,β-unsaturated/α-hetero) is 1. The zero-order valence-corrected chi connectivity index (χ0v) is 9.40. The first-order chi connectivity index (χ1) is 7.50. The first-order valence-electron chi connectivity index (χ1n) is 5.07. The molecule has 0 radical (unpaired) electrons. The quantitative estimate of drug-likeness (QED) is 0.603. The SMILES string of the molecule is CC(C)COc1ccc(C(=O)C(N)=O)cc1. The van der Waals surface area contributed by atoms with Crippen molar-refractivity contribution >= 4 is 11.7 Å². The Balaban J connectivity index is 2.68. The second kappa shape index (κ2) is 5.30. The van der Waals surface area contributed by atoms with Crippen molar-refractivity contribution in [2.45, 2.75) is 13.8 Å². The van der Waals surface area contributed by atoms with Gasteiger partial charge in [-0.3, -0.25) is 9.59 Å². The summed E-state index contributed by atoms with van der Waals surface area (Å²) in [6, 6.07) is 6.36. The van der Waals surface area contributed by atoms with E-state index in [9.17, 15) is 9.59 Å². The van der Waals surface area contributed by atoms with Crippen molar-refractivity contribution in [3.63, 3.8) is 0 Å². The molecule has 0 saturated heterocycles. The number of nitrogens with two attached hydrogens (primary N) is 1. The number of ether oxygens (including phenoxy) is 1. The van der Waals surface area contributed by atoms with Crippen LogP contribution in [0, 0.1) is 5.92 Å². The number of benzene rings is 1. The van der Waals surface area contributed by atoms with Gasteiger partial charge in [0.2, 0.25) is 5.78 Å². The molecule has 0 aromatic heterocycles. The molecule has 16 heavy (non-hydrogen) atoms. The van der Waals surface area contributed by atoms with E-state index in [0.29, 0.717) is 18.3 Å². The molecule has 1 rings (SSSR count). The second-order valence-electron chi connectivity index (χ2n) is 3.92. The molecule has 86 valence electrons. The normalized spacial score (nSPS) is 10.2. The lowest BCUT2D eigenvalue weighted by Gasteiger charge is -2.08. The molecule has 0 atom stereocenters. The van der Waals surface area contributed by atoms with E-state index in [-0.39, 0.29) is 5.56 Å². The van der Waals surface area contributed by atoms with Crippen LogP contribution in [0.3, 0.4) is 0 Å². The third-order valence-electron chi connectivity index (χ3n) is 1.92. The molecule has 0 heterocycles. The fraction of sp³-hybridized carbons (Fsp3) is 0.333. The zero-order chi connectivity index (χ0) is 12.1. The molecule has 0 bridgehead atoms. The molecule has 1 aromatic rings. The maximum absolute atomic E-state index is 11.2. The average molecular weight is 221 g/mol. The van der Waals surface area contributed by atoms with Crippen LogP contribution in [0.2, 0.25) is 0 Å². The highest BCUT2D eigenvalue weighted by Gasteiger charge is 2.11. The van der Waals surface area contributed by atoms with Gasteiger partial charge in [-0.2, -0.15) is 0 Å². The predicted molar refractivity (Wildman–Crippen MR) is 60.3 cm³/mol. The summed E-state index contributed by atoms with van der Waals surface area (Å²) in [5, 5.41) is 0. The monoisotopic (exact) mass is 221 g/mol. The minimum Gasteiger partial charge on any atom is -0.493 e. The van der Waals surface area contributed by atoms with E-state index in [0.717, 1.165) is 0 Å². The van der Waals surface area contributed by atoms with Crippen LogP contribution in [0.4, 0.5) is 0 Å². The van der Waals surface area contributed by atoms with Gasteiger partial charge < -0.3 is 10.5 Å². The van der Waals surface area contributed by atoms with Crippen molar-refractivity contribution in [2.75, 3.05) is 6.61 Å². The molecule has 1 aromatic carbocycles. The summed E-state index contributed by atoms with van der Waals surface area (Å²) in [6.45, 7) is 4.71. The standard InChI is InChI=1S/C12H15NO3/c1-8(2)7-16-10-5-3-9(4-6-10)11(14)12(13)15/h3-6,8H,7H2,1-2H3,(H2,13,15). The molecule has 0 unspecified atom stereocenters. The van der Waals surface area contributed by atoms with Gasteiger partial charge in [-0.25, -0.2) is 0 Å². The van der Waals surface area contributed by atoms with Crippen LogP contribution in [0.5, 0.6) is 5.75 Å². The maximum atomic E-state index is 11.2. The van der Waals surface area contributed by atoms with E-state index >= 15 is 0 Å². The number of carbonyl (C=O) groups excluding carboxylic acids is 2. The summed E-state index contributed by atoms with van der Waals surface area (Å²) in [7, 11) is 0. The van der Waals surface area contributed by atoms with Crippen LogP contribution in [0.25, 0.3) is 0 Å². The van der Waals surface area contributed by atoms with Crippen LogP contribution in [-0.2, 0) is 4.79 Å². The molecule has 4 heteroatoms. The highest BCUT2D eigenvalue weighted by molar-refractivity contribution is 6.42. The van der Waals surface area contributed by atoms with E-state index in [1.807, 2.05) is 13.8 Å². The smallest absolute Gasteiger partial charge is 0.289 e. The third-order valence-corrected chi connectivity index (χ3v) is 1.92. The van der Waals surface area contributed by atoms with Crippen molar-refractivity contribution in [1.29, 1.82) is 0 Å². The minimum atomic E-state index is -0.948. The Bertz CT molecular complexity index is 382. The lowest BCUT2D eigenvalue weighted by Crippen LogP contribution is -2.22. The first-order valence-corrected chi connectivity index (χ1v) is 5.07. The number of primary amides is 1. The van der Waals surface area contributed by atoms with E-state index in [4.69, 9.17) is 10.5 Å². The van der Waals surface area contributed by atoms with Crippen LogP contribution in [0.1, 0.15) is 24.2 Å². The zero-order valence-electron chi connectivity index (χ0n) is 9.40. The van der Waals surface area contributed by atoms with Gasteiger partial charge in [0.05, 0.1) is 6.61 Å². The number of amides is 1. The van der Waals surface area contributed by atoms with Crippen molar-refractivity contribution in [2.24, 2.45) is 11.7 Å². The summed E-state index contributed by atoms with van der Waals surface area (Å²) >= 11 is 0. The van der Waals surface area contributed by atoms with E-state index in [1.165, 1.54) is 12.1 Å². The lowest BCUT2D eigenvalue weighted by molar-refractivity contribution is -0.114. The lowest BCUT2D eigenvalue weighted by atomic mass is 10.1. The Morgan fingerprint density at radius 1 is 1.25 bits per heavy atom. The Hall–Kier alpha value is -1.84. The van der Waals surface area contributed by atoms with Crippen molar-refractivity contribution in [3.8, 4) is 5.75 Å². The van der Waals surface area contributed by atoms with Crippen LogP contribution >= 0.6 is 0 Å². The highest BCUT2D eigenvalue weighted by atomic mass is 16.5. The number of rotatable bonds is 5. The fourth-order valence-electron chi connectivity index (χ4n) is 1.11. The average Bonchev–Trinajstić information content (AvgIpc) is 2.26. The Morgan fingerprint density at radius 3 is 2.25 bits per heavy atom. The minimum absolute atomic E-state index is 0.282. The van der Waals surface area contributed by atoms with Gasteiger partial charge in [0.1, 0.15) is 5.75 Å². The number of hydrogen-bond donors (Lipinski definition) is 1. The van der Waals surface area contributed by atoms with Crippen molar-refractivity contribution in [1.82, 2.24) is 0 Å². The fourth-order valence-corrected chi connectivity index (χ4v) is 1.11. The van der Waals surface area contributed by atoms with E-state index < -0.39 is 11.7 Å². The Kier molecular flexibility index (Phi) is 4.05. The summed E-state index contributed by atoms with van der Waals surface area (Å²) in [5.41, 5.74) is 5.17. The summed E-state index contributed by atoms with van der Waals surface area (Å²) < 4.78 is 5.44. The second-order valence-corrected chi connectivity index (χ2v) is 3.92. The molecule has 0 saturated carbocycles. The number of ketones is 1. The molecule has 1 amide bonds. The summed E-state index contributed by atoms with van der Waals surface area (Å²) in [5.74, 6) is -0.520. The molecule has 0 aliphatic heterocycles. The van der Waals surface area contributed by atoms with Gasteiger partial charge >= 0.3 is 0 Å². The molecular formula is C12H15NO3. The van der Waals surface area contributed by atoms with Gasteiger partial charge in [0.25, 0.3) is 5.91 Å². The van der Waals surface area contributed by atoms with Crippen molar-refractivity contribution in [3.05, 3.63) is 29.8 Å². The van der Waals surface area contributed by atoms with Crippen molar-refractivity contribution < 1.29 is 14.3 Å². The maximum Gasteiger partial charge on any atom is 0.289 e. The Morgan fingerprint density at radius 2 is 1.81 bits per heavy atom. The van der Waals surface area contributed by atoms with E-state index in [2.05, 4.69) is 0 Å². The summed E-state index contributed by atoms with van der Waals surface area (Å²) in [6.07, 6.45) is 0. The highest BCUT2D eigenvalue weighted by Crippen LogP contribution is 2.13. The first kappa shape index (κ1) is 12.2. The predicted octanol–water partition coefficient (Wildman–Crippen LogP) is 1.39. The van der Waals surface area contributed by atoms with Gasteiger partial charge in [0, 0.05) is 5.56 Å². The van der Waals surface area contributed by atoms with Gasteiger partial charge in [0.15, 0.2) is 0 Å². The summed E-state index contributed by atoms with van der Waals surface area (Å²) in [4.78, 5) is 21.8. The number of carbonyl (C=O) groups is 2. The van der Waals surface area contributed by atoms with Crippen LogP contribution < -0.4 is 10.5 Å². The molecule has 0 fully saturated rings. The largest absolute Gasteiger partial charge is 0.493 e. The van der Waals surface area contributed by atoms with Gasteiger partial charge in [-0.05, 0) is 30.2 Å².